The Hall–Kier alpha value is -2.76. The zero-order valence-electron chi connectivity index (χ0n) is 14.6. The number of imide groups is 1. The highest BCUT2D eigenvalue weighted by atomic mass is 16.5. The summed E-state index contributed by atoms with van der Waals surface area (Å²) in [5, 5.41) is 0. The van der Waals surface area contributed by atoms with E-state index in [2.05, 4.69) is 12.2 Å². The van der Waals surface area contributed by atoms with E-state index in [0.717, 1.165) is 11.3 Å². The van der Waals surface area contributed by atoms with E-state index in [1.54, 1.807) is 30.3 Å². The Bertz CT molecular complexity index is 840. The number of likely N-dealkylation sites (tertiary alicyclic amines) is 1. The number of hydrogen-bond acceptors (Lipinski definition) is 5. The van der Waals surface area contributed by atoms with Crippen LogP contribution in [0.25, 0.3) is 0 Å². The smallest absolute Gasteiger partial charge is 0.326 e. The second kappa shape index (κ2) is 5.87. The van der Waals surface area contributed by atoms with Crippen molar-refractivity contribution in [1.82, 2.24) is 4.90 Å². The number of ketones is 1. The summed E-state index contributed by atoms with van der Waals surface area (Å²) >= 11 is 0. The van der Waals surface area contributed by atoms with Crippen LogP contribution < -0.4 is 0 Å². The van der Waals surface area contributed by atoms with Gasteiger partial charge in [0.2, 0.25) is 11.8 Å². The molecule has 3 fully saturated rings. The summed E-state index contributed by atoms with van der Waals surface area (Å²) < 4.78 is 5.02. The molecule has 1 aliphatic heterocycles. The second-order valence-electron chi connectivity index (χ2n) is 7.87. The second-order valence-corrected chi connectivity index (χ2v) is 7.87. The molecule has 5 aliphatic rings. The van der Waals surface area contributed by atoms with E-state index in [4.69, 9.17) is 4.74 Å². The SMILES string of the molecule is O=C(CN1C(=O)[C@H]2[C@@H]3C=C[C@@H]([C@H]4C[C@H]34)[C@@H]2C1=O)OCC(=O)c1ccccc1. The molecule has 0 radical (unpaired) electrons. The van der Waals surface area contributed by atoms with Crippen LogP contribution in [0.2, 0.25) is 0 Å². The number of carbonyl (C=O) groups excluding carboxylic acids is 4. The minimum Gasteiger partial charge on any atom is -0.456 e. The van der Waals surface area contributed by atoms with E-state index in [-0.39, 0.29) is 41.3 Å². The summed E-state index contributed by atoms with van der Waals surface area (Å²) in [5.74, 6) is -0.928. The number of amides is 2. The maximum Gasteiger partial charge on any atom is 0.326 e. The molecule has 4 aliphatic carbocycles. The van der Waals surface area contributed by atoms with E-state index < -0.39 is 19.1 Å². The molecule has 6 atom stereocenters. The van der Waals surface area contributed by atoms with Gasteiger partial charge in [-0.2, -0.15) is 0 Å². The summed E-state index contributed by atoms with van der Waals surface area (Å²) in [5.41, 5.74) is 0.450. The Balaban J connectivity index is 1.23. The summed E-state index contributed by atoms with van der Waals surface area (Å²) in [4.78, 5) is 50.8. The Kier molecular flexibility index (Phi) is 3.57. The predicted octanol–water partition coefficient (Wildman–Crippen LogP) is 1.47. The molecule has 6 rings (SSSR count). The fourth-order valence-corrected chi connectivity index (χ4v) is 5.20. The third kappa shape index (κ3) is 2.46. The quantitative estimate of drug-likeness (QED) is 0.342. The Morgan fingerprint density at radius 1 is 0.963 bits per heavy atom. The Morgan fingerprint density at radius 2 is 1.56 bits per heavy atom. The van der Waals surface area contributed by atoms with Gasteiger partial charge in [-0.1, -0.05) is 42.5 Å². The molecular formula is C21H19NO5. The molecule has 0 unspecified atom stereocenters. The van der Waals surface area contributed by atoms with Crippen LogP contribution in [0.1, 0.15) is 16.8 Å². The van der Waals surface area contributed by atoms with E-state index >= 15 is 0 Å². The van der Waals surface area contributed by atoms with Crippen LogP contribution in [-0.4, -0.2) is 41.6 Å². The van der Waals surface area contributed by atoms with Crippen LogP contribution in [-0.2, 0) is 19.1 Å². The number of esters is 1. The van der Waals surface area contributed by atoms with Gasteiger partial charge in [0.15, 0.2) is 12.4 Å². The highest BCUT2D eigenvalue weighted by Crippen LogP contribution is 2.65. The Morgan fingerprint density at radius 3 is 2.15 bits per heavy atom. The first-order valence-corrected chi connectivity index (χ1v) is 9.33. The molecule has 6 heteroatoms. The van der Waals surface area contributed by atoms with E-state index in [0.29, 0.717) is 17.4 Å². The van der Waals surface area contributed by atoms with Gasteiger partial charge < -0.3 is 4.74 Å². The topological polar surface area (TPSA) is 80.8 Å². The molecule has 1 aromatic carbocycles. The molecule has 0 spiro atoms. The number of rotatable bonds is 5. The molecular weight excluding hydrogens is 346 g/mol. The third-order valence-electron chi connectivity index (χ3n) is 6.50. The fourth-order valence-electron chi connectivity index (χ4n) is 5.20. The van der Waals surface area contributed by atoms with E-state index in [1.807, 2.05) is 0 Å². The van der Waals surface area contributed by atoms with Gasteiger partial charge in [0.25, 0.3) is 0 Å². The molecule has 2 saturated carbocycles. The minimum absolute atomic E-state index is 0.127. The van der Waals surface area contributed by atoms with E-state index in [1.165, 1.54) is 0 Å². The first kappa shape index (κ1) is 16.4. The third-order valence-corrected chi connectivity index (χ3v) is 6.50. The summed E-state index contributed by atoms with van der Waals surface area (Å²) in [6.07, 6.45) is 5.27. The lowest BCUT2D eigenvalue weighted by Gasteiger charge is -2.37. The highest BCUT2D eigenvalue weighted by Gasteiger charge is 2.67. The normalized spacial score (nSPS) is 35.0. The molecule has 0 N–H and O–H groups in total. The zero-order chi connectivity index (χ0) is 18.7. The van der Waals surface area contributed by atoms with Crippen LogP contribution in [0.4, 0.5) is 0 Å². The van der Waals surface area contributed by atoms with Crippen LogP contribution in [0.3, 0.4) is 0 Å². The molecule has 1 heterocycles. The maximum atomic E-state index is 12.8. The van der Waals surface area contributed by atoms with Crippen LogP contribution in [0, 0.1) is 35.5 Å². The van der Waals surface area contributed by atoms with Crippen molar-refractivity contribution in [3.05, 3.63) is 48.0 Å². The lowest BCUT2D eigenvalue weighted by molar-refractivity contribution is -0.152. The standard InChI is InChI=1S/C21H19NO5/c23-16(11-4-2-1-3-5-11)10-27-17(24)9-22-20(25)18-12-6-7-13(15-8-14(12)15)19(18)21(22)26/h1-7,12-15,18-19H,8-10H2/t12-,13+,14-,15-,18+,19+/m1/s1. The van der Waals surface area contributed by atoms with Gasteiger partial charge in [-0.15, -0.1) is 0 Å². The van der Waals surface area contributed by atoms with Gasteiger partial charge in [0, 0.05) is 5.56 Å². The van der Waals surface area contributed by atoms with E-state index in [9.17, 15) is 19.2 Å². The van der Waals surface area contributed by atoms with Crippen molar-refractivity contribution >= 4 is 23.6 Å². The number of carbonyl (C=O) groups is 4. The largest absolute Gasteiger partial charge is 0.456 e. The number of Topliss-reactive ketones (excluding diaryl/α,β-unsaturated/α-hetero) is 1. The number of allylic oxidation sites excluding steroid dienone is 2. The maximum absolute atomic E-state index is 12.8. The number of ether oxygens (including phenoxy) is 1. The first-order valence-electron chi connectivity index (χ1n) is 9.33. The predicted molar refractivity (Wildman–Crippen MR) is 93.1 cm³/mol. The molecule has 2 bridgehead atoms. The van der Waals surface area contributed by atoms with Crippen LogP contribution in [0.5, 0.6) is 0 Å². The number of hydrogen-bond donors (Lipinski definition) is 0. The molecule has 27 heavy (non-hydrogen) atoms. The first-order chi connectivity index (χ1) is 13.1. The number of nitrogens with zero attached hydrogens (tertiary/aromatic N) is 1. The van der Waals surface area contributed by atoms with Gasteiger partial charge in [-0.25, -0.2) is 0 Å². The van der Waals surface area contributed by atoms with Gasteiger partial charge in [-0.05, 0) is 30.1 Å². The highest BCUT2D eigenvalue weighted by molar-refractivity contribution is 6.08. The zero-order valence-corrected chi connectivity index (χ0v) is 14.6. The van der Waals surface area contributed by atoms with Gasteiger partial charge in [0.1, 0.15) is 6.54 Å². The summed E-state index contributed by atoms with van der Waals surface area (Å²) in [7, 11) is 0. The van der Waals surface area contributed by atoms with Crippen LogP contribution >= 0.6 is 0 Å². The molecule has 138 valence electrons. The molecule has 1 saturated heterocycles. The number of benzene rings is 1. The Labute approximate surface area is 156 Å². The lowest BCUT2D eigenvalue weighted by Crippen LogP contribution is -2.40. The summed E-state index contributed by atoms with van der Waals surface area (Å²) in [6, 6.07) is 8.53. The fraction of sp³-hybridized carbons (Fsp3) is 0.429. The van der Waals surface area contributed by atoms with Crippen molar-refractivity contribution < 1.29 is 23.9 Å². The van der Waals surface area contributed by atoms with Crippen LogP contribution in [0.15, 0.2) is 42.5 Å². The molecule has 2 amide bonds. The van der Waals surface area contributed by atoms with Crippen molar-refractivity contribution in [1.29, 1.82) is 0 Å². The van der Waals surface area contributed by atoms with Crippen molar-refractivity contribution in [3.8, 4) is 0 Å². The molecule has 0 aromatic heterocycles. The average Bonchev–Trinajstić information content (AvgIpc) is 3.48. The van der Waals surface area contributed by atoms with Crippen molar-refractivity contribution in [3.63, 3.8) is 0 Å². The van der Waals surface area contributed by atoms with Crippen molar-refractivity contribution in [2.45, 2.75) is 6.42 Å². The van der Waals surface area contributed by atoms with Gasteiger partial charge in [0.05, 0.1) is 11.8 Å². The molecule has 1 aromatic rings. The lowest BCUT2D eigenvalue weighted by atomic mass is 9.63. The van der Waals surface area contributed by atoms with Crippen molar-refractivity contribution in [2.75, 3.05) is 13.2 Å². The minimum atomic E-state index is -0.731. The average molecular weight is 365 g/mol. The van der Waals surface area contributed by atoms with Gasteiger partial charge >= 0.3 is 5.97 Å². The summed E-state index contributed by atoms with van der Waals surface area (Å²) in [6.45, 7) is -0.815. The molecule has 6 nitrogen and oxygen atoms in total. The van der Waals surface area contributed by atoms with Gasteiger partial charge in [-0.3, -0.25) is 24.1 Å². The monoisotopic (exact) mass is 365 g/mol. The van der Waals surface area contributed by atoms with Crippen molar-refractivity contribution in [2.24, 2.45) is 35.5 Å².